The van der Waals surface area contributed by atoms with Crippen molar-refractivity contribution in [2.24, 2.45) is 4.99 Å². The first-order valence-corrected chi connectivity index (χ1v) is 4.62. The Morgan fingerprint density at radius 3 is 2.92 bits per heavy atom. The van der Waals surface area contributed by atoms with Gasteiger partial charge < -0.3 is 4.74 Å². The van der Waals surface area contributed by atoms with Crippen LogP contribution in [-0.4, -0.2) is 13.0 Å². The lowest BCUT2D eigenvalue weighted by Crippen LogP contribution is -1.98. The third kappa shape index (κ3) is 1.64. The van der Waals surface area contributed by atoms with Crippen molar-refractivity contribution >= 4 is 29.6 Å². The minimum absolute atomic E-state index is 0.00815. The van der Waals surface area contributed by atoms with Gasteiger partial charge in [0.25, 0.3) is 0 Å². The molecule has 1 aliphatic rings. The van der Waals surface area contributed by atoms with Crippen LogP contribution in [0.15, 0.2) is 23.2 Å². The van der Waals surface area contributed by atoms with Gasteiger partial charge in [0.05, 0.1) is 10.0 Å². The Morgan fingerprint density at radius 2 is 2.23 bits per heavy atom. The highest BCUT2D eigenvalue weighted by molar-refractivity contribution is 6.42. The zero-order valence-electron chi connectivity index (χ0n) is 6.71. The monoisotopic (exact) mass is 215 g/mol. The van der Waals surface area contributed by atoms with Crippen LogP contribution in [0.25, 0.3) is 0 Å². The van der Waals surface area contributed by atoms with Gasteiger partial charge in [-0.15, -0.1) is 0 Å². The Balaban J connectivity index is 2.39. The standard InChI is InChI=1S/C9H7Cl2NO/c10-7-3-1-2-6(9(7)11)8-4-13-5-12-8/h1-3,5,8H,4H2. The summed E-state index contributed by atoms with van der Waals surface area (Å²) in [5, 5.41) is 1.12. The van der Waals surface area contributed by atoms with Crippen LogP contribution in [-0.2, 0) is 4.74 Å². The molecule has 4 heteroatoms. The van der Waals surface area contributed by atoms with Gasteiger partial charge in [-0.3, -0.25) is 0 Å². The molecule has 0 saturated carbocycles. The second-order valence-corrected chi connectivity index (χ2v) is 3.53. The first kappa shape index (κ1) is 8.85. The smallest absolute Gasteiger partial charge is 0.170 e. The molecule has 0 amide bonds. The maximum Gasteiger partial charge on any atom is 0.170 e. The van der Waals surface area contributed by atoms with Crippen LogP contribution < -0.4 is 0 Å². The highest BCUT2D eigenvalue weighted by atomic mass is 35.5. The number of hydrogen-bond acceptors (Lipinski definition) is 2. The van der Waals surface area contributed by atoms with Crippen LogP contribution in [0.5, 0.6) is 0 Å². The first-order valence-electron chi connectivity index (χ1n) is 3.86. The molecule has 1 aromatic carbocycles. The molecular weight excluding hydrogens is 209 g/mol. The van der Waals surface area contributed by atoms with E-state index in [0.717, 1.165) is 5.56 Å². The SMILES string of the molecule is Clc1cccc(C2COC=N2)c1Cl. The first-order chi connectivity index (χ1) is 6.29. The number of nitrogens with zero attached hydrogens (tertiary/aromatic N) is 1. The average Bonchev–Trinajstić information content (AvgIpc) is 2.62. The van der Waals surface area contributed by atoms with Crippen molar-refractivity contribution in [2.45, 2.75) is 6.04 Å². The van der Waals surface area contributed by atoms with Gasteiger partial charge in [0.1, 0.15) is 12.6 Å². The summed E-state index contributed by atoms with van der Waals surface area (Å²) in [6.45, 7) is 0.542. The van der Waals surface area contributed by atoms with Gasteiger partial charge in [-0.05, 0) is 6.07 Å². The van der Waals surface area contributed by atoms with Gasteiger partial charge in [-0.1, -0.05) is 35.3 Å². The zero-order valence-corrected chi connectivity index (χ0v) is 8.22. The summed E-state index contributed by atoms with van der Waals surface area (Å²) in [4.78, 5) is 4.12. The minimum atomic E-state index is -0.00815. The van der Waals surface area contributed by atoms with Crippen molar-refractivity contribution in [1.29, 1.82) is 0 Å². The molecular formula is C9H7Cl2NO. The molecule has 68 valence electrons. The van der Waals surface area contributed by atoms with E-state index < -0.39 is 0 Å². The fourth-order valence-electron chi connectivity index (χ4n) is 1.24. The van der Waals surface area contributed by atoms with E-state index in [1.54, 1.807) is 6.07 Å². The van der Waals surface area contributed by atoms with Gasteiger partial charge >= 0.3 is 0 Å². The molecule has 1 unspecified atom stereocenters. The maximum atomic E-state index is 6.01. The number of halogens is 2. The molecule has 0 spiro atoms. The summed E-state index contributed by atoms with van der Waals surface area (Å²) >= 11 is 11.9. The molecule has 0 saturated heterocycles. The van der Waals surface area contributed by atoms with Crippen LogP contribution in [0.3, 0.4) is 0 Å². The zero-order chi connectivity index (χ0) is 9.26. The Morgan fingerprint density at radius 1 is 1.38 bits per heavy atom. The van der Waals surface area contributed by atoms with Crippen LogP contribution in [0.4, 0.5) is 0 Å². The molecule has 1 aliphatic heterocycles. The van der Waals surface area contributed by atoms with Crippen LogP contribution >= 0.6 is 23.2 Å². The summed E-state index contributed by atoms with van der Waals surface area (Å²) in [6.07, 6.45) is 1.45. The Labute approximate surface area is 86.1 Å². The largest absolute Gasteiger partial charge is 0.481 e. The van der Waals surface area contributed by atoms with E-state index in [0.29, 0.717) is 16.7 Å². The molecule has 1 atom stereocenters. The van der Waals surface area contributed by atoms with Gasteiger partial charge in [-0.2, -0.15) is 0 Å². The molecule has 1 aromatic rings. The van der Waals surface area contributed by atoms with Crippen LogP contribution in [0.2, 0.25) is 10.0 Å². The molecule has 0 aromatic heterocycles. The summed E-state index contributed by atoms with van der Waals surface area (Å²) in [5.41, 5.74) is 0.919. The van der Waals surface area contributed by atoms with Crippen molar-refractivity contribution in [1.82, 2.24) is 0 Å². The Hall–Kier alpha value is -0.730. The minimum Gasteiger partial charge on any atom is -0.481 e. The van der Waals surface area contributed by atoms with Gasteiger partial charge in [0.15, 0.2) is 6.40 Å². The summed E-state index contributed by atoms with van der Waals surface area (Å²) in [5.74, 6) is 0. The van der Waals surface area contributed by atoms with E-state index >= 15 is 0 Å². The van der Waals surface area contributed by atoms with E-state index in [-0.39, 0.29) is 6.04 Å². The summed E-state index contributed by atoms with van der Waals surface area (Å²) < 4.78 is 5.01. The van der Waals surface area contributed by atoms with Crippen molar-refractivity contribution in [2.75, 3.05) is 6.61 Å². The molecule has 2 rings (SSSR count). The van der Waals surface area contributed by atoms with E-state index in [4.69, 9.17) is 27.9 Å². The lowest BCUT2D eigenvalue weighted by Gasteiger charge is -2.08. The van der Waals surface area contributed by atoms with Crippen molar-refractivity contribution in [3.63, 3.8) is 0 Å². The third-order valence-corrected chi connectivity index (χ3v) is 2.74. The van der Waals surface area contributed by atoms with Crippen LogP contribution in [0.1, 0.15) is 11.6 Å². The molecule has 0 aliphatic carbocycles. The van der Waals surface area contributed by atoms with Crippen molar-refractivity contribution in [3.8, 4) is 0 Å². The Bertz CT molecular complexity index is 351. The summed E-state index contributed by atoms with van der Waals surface area (Å²) in [6, 6.07) is 5.51. The highest BCUT2D eigenvalue weighted by Gasteiger charge is 2.18. The average molecular weight is 216 g/mol. The lowest BCUT2D eigenvalue weighted by atomic mass is 10.1. The Kier molecular flexibility index (Phi) is 2.42. The lowest BCUT2D eigenvalue weighted by molar-refractivity contribution is 0.330. The predicted molar refractivity (Wildman–Crippen MR) is 53.6 cm³/mol. The second kappa shape index (κ2) is 3.56. The molecule has 1 heterocycles. The second-order valence-electron chi connectivity index (χ2n) is 2.75. The highest BCUT2D eigenvalue weighted by Crippen LogP contribution is 2.32. The molecule has 0 radical (unpaired) electrons. The van der Waals surface area contributed by atoms with Crippen molar-refractivity contribution < 1.29 is 4.74 Å². The number of aliphatic imine (C=N–C) groups is 1. The maximum absolute atomic E-state index is 6.01. The number of hydrogen-bond donors (Lipinski definition) is 0. The molecule has 13 heavy (non-hydrogen) atoms. The van der Waals surface area contributed by atoms with Crippen molar-refractivity contribution in [3.05, 3.63) is 33.8 Å². The van der Waals surface area contributed by atoms with E-state index in [1.165, 1.54) is 6.40 Å². The third-order valence-electron chi connectivity index (χ3n) is 1.91. The normalized spacial score (nSPS) is 20.3. The fourth-order valence-corrected chi connectivity index (χ4v) is 1.68. The van der Waals surface area contributed by atoms with Gasteiger partial charge in [0.2, 0.25) is 0 Å². The summed E-state index contributed by atoms with van der Waals surface area (Å²) in [7, 11) is 0. The van der Waals surface area contributed by atoms with E-state index in [9.17, 15) is 0 Å². The number of benzene rings is 1. The molecule has 0 N–H and O–H groups in total. The van der Waals surface area contributed by atoms with Gasteiger partial charge in [0, 0.05) is 5.56 Å². The molecule has 0 bridgehead atoms. The number of ether oxygens (including phenoxy) is 1. The molecule has 0 fully saturated rings. The topological polar surface area (TPSA) is 21.6 Å². The quantitative estimate of drug-likeness (QED) is 0.706. The number of rotatable bonds is 1. The van der Waals surface area contributed by atoms with Crippen LogP contribution in [0, 0.1) is 0 Å². The molecule has 2 nitrogen and oxygen atoms in total. The fraction of sp³-hybridized carbons (Fsp3) is 0.222. The predicted octanol–water partition coefficient (Wildman–Crippen LogP) is 3.09. The van der Waals surface area contributed by atoms with E-state index in [1.807, 2.05) is 12.1 Å². The van der Waals surface area contributed by atoms with E-state index in [2.05, 4.69) is 4.99 Å². The van der Waals surface area contributed by atoms with Gasteiger partial charge in [-0.25, -0.2) is 4.99 Å².